The third-order valence-electron chi connectivity index (χ3n) is 4.70. The molecule has 0 aromatic heterocycles. The summed E-state index contributed by atoms with van der Waals surface area (Å²) in [7, 11) is 0. The van der Waals surface area contributed by atoms with Gasteiger partial charge in [0.05, 0.1) is 13.2 Å². The van der Waals surface area contributed by atoms with Gasteiger partial charge in [0.1, 0.15) is 17.2 Å². The molecule has 0 unspecified atom stereocenters. The number of halogens is 2. The summed E-state index contributed by atoms with van der Waals surface area (Å²) in [6.45, 7) is 5.61. The maximum absolute atomic E-state index is 13.7. The molecule has 4 nitrogen and oxygen atoms in total. The molecule has 0 saturated carbocycles. The highest BCUT2D eigenvalue weighted by molar-refractivity contribution is 5.94. The topological polar surface area (TPSA) is 32.8 Å². The lowest BCUT2D eigenvalue weighted by molar-refractivity contribution is 0.0242. The molecule has 2 aliphatic heterocycles. The average Bonchev–Trinajstić information content (AvgIpc) is 2.56. The van der Waals surface area contributed by atoms with Crippen LogP contribution in [0.2, 0.25) is 0 Å². The number of carbonyl (C=O) groups is 1. The van der Waals surface area contributed by atoms with Gasteiger partial charge in [-0.05, 0) is 30.9 Å². The van der Waals surface area contributed by atoms with Crippen molar-refractivity contribution in [3.63, 3.8) is 0 Å². The SMILES string of the molecule is O=C(c1c(F)cccc1F)N1CCC(CN2CCOCC2)CC1. The molecule has 1 amide bonds. The zero-order valence-electron chi connectivity index (χ0n) is 13.1. The van der Waals surface area contributed by atoms with Crippen LogP contribution in [0.3, 0.4) is 0 Å². The van der Waals surface area contributed by atoms with Crippen LogP contribution in [0, 0.1) is 17.6 Å². The Labute approximate surface area is 135 Å². The molecule has 0 atom stereocenters. The maximum Gasteiger partial charge on any atom is 0.259 e. The second kappa shape index (κ2) is 7.36. The monoisotopic (exact) mass is 324 g/mol. The molecule has 0 aliphatic carbocycles. The van der Waals surface area contributed by atoms with Crippen LogP contribution >= 0.6 is 0 Å². The number of benzene rings is 1. The fourth-order valence-electron chi connectivity index (χ4n) is 3.33. The van der Waals surface area contributed by atoms with Gasteiger partial charge in [0.25, 0.3) is 5.91 Å². The van der Waals surface area contributed by atoms with Crippen molar-refractivity contribution in [1.29, 1.82) is 0 Å². The number of hydrogen-bond donors (Lipinski definition) is 0. The largest absolute Gasteiger partial charge is 0.379 e. The minimum absolute atomic E-state index is 0.431. The highest BCUT2D eigenvalue weighted by Gasteiger charge is 2.28. The van der Waals surface area contributed by atoms with Gasteiger partial charge in [-0.2, -0.15) is 0 Å². The van der Waals surface area contributed by atoms with Crippen molar-refractivity contribution in [2.75, 3.05) is 45.9 Å². The molecule has 126 valence electrons. The molecule has 23 heavy (non-hydrogen) atoms. The number of carbonyl (C=O) groups excluding carboxylic acids is 1. The Morgan fingerprint density at radius 2 is 1.70 bits per heavy atom. The van der Waals surface area contributed by atoms with E-state index in [9.17, 15) is 13.6 Å². The van der Waals surface area contributed by atoms with Gasteiger partial charge in [-0.1, -0.05) is 6.07 Å². The van der Waals surface area contributed by atoms with E-state index >= 15 is 0 Å². The number of ether oxygens (including phenoxy) is 1. The van der Waals surface area contributed by atoms with Gasteiger partial charge >= 0.3 is 0 Å². The third-order valence-corrected chi connectivity index (χ3v) is 4.70. The number of rotatable bonds is 3. The summed E-state index contributed by atoms with van der Waals surface area (Å²) in [4.78, 5) is 16.3. The van der Waals surface area contributed by atoms with Crippen molar-refractivity contribution in [1.82, 2.24) is 9.80 Å². The van der Waals surface area contributed by atoms with Gasteiger partial charge in [-0.15, -0.1) is 0 Å². The van der Waals surface area contributed by atoms with Gasteiger partial charge in [0.15, 0.2) is 0 Å². The minimum Gasteiger partial charge on any atom is -0.379 e. The van der Waals surface area contributed by atoms with Crippen LogP contribution in [-0.2, 0) is 4.74 Å². The van der Waals surface area contributed by atoms with Crippen molar-refractivity contribution < 1.29 is 18.3 Å². The number of piperidine rings is 1. The van der Waals surface area contributed by atoms with Gasteiger partial charge in [0.2, 0.25) is 0 Å². The molecule has 6 heteroatoms. The predicted molar refractivity (Wildman–Crippen MR) is 82.2 cm³/mol. The molecule has 3 rings (SSSR count). The van der Waals surface area contributed by atoms with Crippen molar-refractivity contribution in [2.45, 2.75) is 12.8 Å². The number of hydrogen-bond acceptors (Lipinski definition) is 3. The predicted octanol–water partition coefficient (Wildman–Crippen LogP) is 2.15. The normalized spacial score (nSPS) is 20.7. The van der Waals surface area contributed by atoms with Gasteiger partial charge in [-0.25, -0.2) is 8.78 Å². The second-order valence-electron chi connectivity index (χ2n) is 6.25. The first-order valence-corrected chi connectivity index (χ1v) is 8.18. The smallest absolute Gasteiger partial charge is 0.259 e. The zero-order chi connectivity index (χ0) is 16.2. The lowest BCUT2D eigenvalue weighted by Gasteiger charge is -2.36. The van der Waals surface area contributed by atoms with E-state index in [1.54, 1.807) is 4.90 Å². The van der Waals surface area contributed by atoms with E-state index in [2.05, 4.69) is 4.90 Å². The standard InChI is InChI=1S/C17H22F2N2O2/c18-14-2-1-3-15(19)16(14)17(22)21-6-4-13(5-7-21)12-20-8-10-23-11-9-20/h1-3,13H,4-12H2. The Balaban J connectivity index is 1.55. The second-order valence-corrected chi connectivity index (χ2v) is 6.25. The van der Waals surface area contributed by atoms with Gasteiger partial charge in [0, 0.05) is 32.7 Å². The van der Waals surface area contributed by atoms with Crippen molar-refractivity contribution in [2.24, 2.45) is 5.92 Å². The average molecular weight is 324 g/mol. The molecule has 2 heterocycles. The summed E-state index contributed by atoms with van der Waals surface area (Å²) in [6, 6.07) is 3.53. The fourth-order valence-corrected chi connectivity index (χ4v) is 3.33. The van der Waals surface area contributed by atoms with E-state index in [1.807, 2.05) is 0 Å². The molecule has 1 aromatic carbocycles. The van der Waals surface area contributed by atoms with Crippen molar-refractivity contribution >= 4 is 5.91 Å². The summed E-state index contributed by atoms with van der Waals surface area (Å²) >= 11 is 0. The van der Waals surface area contributed by atoms with Gasteiger partial charge in [-0.3, -0.25) is 9.69 Å². The lowest BCUT2D eigenvalue weighted by atomic mass is 9.95. The first kappa shape index (κ1) is 16.3. The highest BCUT2D eigenvalue weighted by Crippen LogP contribution is 2.22. The molecule has 2 fully saturated rings. The van der Waals surface area contributed by atoms with Crippen LogP contribution in [0.15, 0.2) is 18.2 Å². The lowest BCUT2D eigenvalue weighted by Crippen LogP contribution is -2.44. The van der Waals surface area contributed by atoms with Crippen LogP contribution in [0.5, 0.6) is 0 Å². The zero-order valence-corrected chi connectivity index (χ0v) is 13.1. The Morgan fingerprint density at radius 1 is 1.09 bits per heavy atom. The third kappa shape index (κ3) is 3.87. The minimum atomic E-state index is -0.787. The van der Waals surface area contributed by atoms with E-state index in [0.29, 0.717) is 19.0 Å². The molecular weight excluding hydrogens is 302 g/mol. The number of amides is 1. The summed E-state index contributed by atoms with van der Waals surface area (Å²) < 4.78 is 32.8. The van der Waals surface area contributed by atoms with Crippen LogP contribution in [0.4, 0.5) is 8.78 Å². The Hall–Kier alpha value is -1.53. The molecule has 0 bridgehead atoms. The van der Waals surface area contributed by atoms with Crippen molar-refractivity contribution in [3.8, 4) is 0 Å². The molecular formula is C17H22F2N2O2. The molecule has 2 saturated heterocycles. The Bertz CT molecular complexity index is 533. The molecule has 0 N–H and O–H groups in total. The Kier molecular flexibility index (Phi) is 5.23. The van der Waals surface area contributed by atoms with Crippen LogP contribution in [-0.4, -0.2) is 61.6 Å². The van der Waals surface area contributed by atoms with Crippen LogP contribution < -0.4 is 0 Å². The first-order chi connectivity index (χ1) is 11.1. The molecule has 0 radical (unpaired) electrons. The summed E-state index contributed by atoms with van der Waals surface area (Å²) in [5.74, 6) is -1.58. The van der Waals surface area contributed by atoms with Crippen molar-refractivity contribution in [3.05, 3.63) is 35.4 Å². The Morgan fingerprint density at radius 3 is 2.30 bits per heavy atom. The highest BCUT2D eigenvalue weighted by atomic mass is 19.1. The molecule has 1 aromatic rings. The molecule has 2 aliphatic rings. The number of nitrogens with zero attached hydrogens (tertiary/aromatic N) is 2. The van der Waals surface area contributed by atoms with Crippen LogP contribution in [0.25, 0.3) is 0 Å². The summed E-state index contributed by atoms with van der Waals surface area (Å²) in [5.41, 5.74) is -0.431. The van der Waals surface area contributed by atoms with E-state index in [1.165, 1.54) is 6.07 Å². The summed E-state index contributed by atoms with van der Waals surface area (Å²) in [6.07, 6.45) is 1.75. The summed E-state index contributed by atoms with van der Waals surface area (Å²) in [5, 5.41) is 0. The maximum atomic E-state index is 13.7. The number of morpholine rings is 1. The fraction of sp³-hybridized carbons (Fsp3) is 0.588. The molecule has 0 spiro atoms. The van der Waals surface area contributed by atoms with E-state index in [4.69, 9.17) is 4.74 Å². The van der Waals surface area contributed by atoms with Gasteiger partial charge < -0.3 is 9.64 Å². The van der Waals surface area contributed by atoms with Crippen LogP contribution in [0.1, 0.15) is 23.2 Å². The number of likely N-dealkylation sites (tertiary alicyclic amines) is 1. The quantitative estimate of drug-likeness (QED) is 0.854. The van der Waals surface area contributed by atoms with E-state index in [-0.39, 0.29) is 0 Å². The van der Waals surface area contributed by atoms with E-state index in [0.717, 1.165) is 57.8 Å². The van der Waals surface area contributed by atoms with E-state index < -0.39 is 23.1 Å². The first-order valence-electron chi connectivity index (χ1n) is 8.18.